The van der Waals surface area contributed by atoms with Crippen molar-refractivity contribution < 1.29 is 9.53 Å². The second-order valence-corrected chi connectivity index (χ2v) is 4.24. The molecule has 0 aromatic rings. The molecule has 0 aliphatic rings. The minimum atomic E-state index is -0.483. The van der Waals surface area contributed by atoms with Crippen molar-refractivity contribution in [1.82, 2.24) is 0 Å². The highest BCUT2D eigenvalue weighted by atomic mass is 16.5. The summed E-state index contributed by atoms with van der Waals surface area (Å²) in [5.74, 6) is 0.263. The van der Waals surface area contributed by atoms with E-state index in [1.54, 1.807) is 0 Å². The van der Waals surface area contributed by atoms with Gasteiger partial charge in [-0.2, -0.15) is 0 Å². The average molecular weight is 276 g/mol. The molecule has 0 spiro atoms. The van der Waals surface area contributed by atoms with E-state index in [0.29, 0.717) is 25.5 Å². The molecule has 0 amide bonds. The van der Waals surface area contributed by atoms with Crippen LogP contribution >= 0.6 is 0 Å². The maximum atomic E-state index is 11.3. The first-order chi connectivity index (χ1) is 9.07. The summed E-state index contributed by atoms with van der Waals surface area (Å²) in [5, 5.41) is 0. The van der Waals surface area contributed by atoms with Gasteiger partial charge in [0.2, 0.25) is 0 Å². The van der Waals surface area contributed by atoms with Crippen molar-refractivity contribution in [3.8, 4) is 0 Å². The van der Waals surface area contributed by atoms with Crippen molar-refractivity contribution in [2.75, 3.05) is 13.2 Å². The molecule has 118 valence electrons. The molecular formula is C15H36N2O2. The van der Waals surface area contributed by atoms with E-state index >= 15 is 0 Å². The highest BCUT2D eigenvalue weighted by molar-refractivity contribution is 5.75. The molecule has 0 aromatic heterocycles. The normalized spacial score (nSPS) is 10.8. The maximum absolute atomic E-state index is 11.3. The van der Waals surface area contributed by atoms with Crippen LogP contribution in [0.25, 0.3) is 0 Å². The Morgan fingerprint density at radius 1 is 1.05 bits per heavy atom. The fraction of sp³-hybridized carbons (Fsp3) is 0.933. The third-order valence-corrected chi connectivity index (χ3v) is 2.21. The van der Waals surface area contributed by atoms with Crippen molar-refractivity contribution in [2.45, 2.75) is 73.3 Å². The van der Waals surface area contributed by atoms with E-state index in [4.69, 9.17) is 16.2 Å². The standard InChI is InChI=1S/C11H24N2O2.2C2H6/c1-9(2)6-8-15-11(14)10(13)5-3-4-7-12;2*1-2/h9-10H,3-8,12-13H2,1-2H3;2*1-2H3. The van der Waals surface area contributed by atoms with Crippen LogP contribution in [-0.4, -0.2) is 25.2 Å². The molecule has 1 unspecified atom stereocenters. The number of nitrogens with two attached hydrogens (primary N) is 2. The van der Waals surface area contributed by atoms with Gasteiger partial charge in [0.15, 0.2) is 0 Å². The first-order valence-electron chi connectivity index (χ1n) is 7.70. The van der Waals surface area contributed by atoms with Crippen LogP contribution in [0.1, 0.15) is 67.2 Å². The molecule has 0 saturated carbocycles. The Hall–Kier alpha value is -0.610. The Bertz CT molecular complexity index is 174. The molecule has 4 heteroatoms. The van der Waals surface area contributed by atoms with Gasteiger partial charge in [-0.05, 0) is 31.7 Å². The quantitative estimate of drug-likeness (QED) is 0.527. The number of esters is 1. The minimum Gasteiger partial charge on any atom is -0.465 e. The van der Waals surface area contributed by atoms with E-state index in [9.17, 15) is 4.79 Å². The van der Waals surface area contributed by atoms with Gasteiger partial charge in [-0.1, -0.05) is 48.0 Å². The molecular weight excluding hydrogens is 240 g/mol. The lowest BCUT2D eigenvalue weighted by Gasteiger charge is -2.11. The zero-order chi connectivity index (χ0) is 15.7. The number of carbonyl (C=O) groups excluding carboxylic acids is 1. The van der Waals surface area contributed by atoms with Crippen molar-refractivity contribution in [2.24, 2.45) is 17.4 Å². The lowest BCUT2D eigenvalue weighted by molar-refractivity contribution is -0.145. The smallest absolute Gasteiger partial charge is 0.322 e. The maximum Gasteiger partial charge on any atom is 0.322 e. The Morgan fingerprint density at radius 3 is 2.00 bits per heavy atom. The van der Waals surface area contributed by atoms with Gasteiger partial charge in [-0.25, -0.2) is 0 Å². The van der Waals surface area contributed by atoms with E-state index < -0.39 is 6.04 Å². The van der Waals surface area contributed by atoms with Gasteiger partial charge in [0.1, 0.15) is 6.04 Å². The predicted molar refractivity (Wildman–Crippen MR) is 84.0 cm³/mol. The van der Waals surface area contributed by atoms with Crippen LogP contribution in [0.4, 0.5) is 0 Å². The summed E-state index contributed by atoms with van der Waals surface area (Å²) in [6.07, 6.45) is 3.35. The summed E-state index contributed by atoms with van der Waals surface area (Å²) in [5.41, 5.74) is 11.0. The molecule has 0 rings (SSSR count). The van der Waals surface area contributed by atoms with Crippen LogP contribution in [0.5, 0.6) is 0 Å². The lowest BCUT2D eigenvalue weighted by Crippen LogP contribution is -2.32. The molecule has 0 heterocycles. The van der Waals surface area contributed by atoms with Crippen LogP contribution in [0.2, 0.25) is 0 Å². The zero-order valence-corrected chi connectivity index (χ0v) is 13.9. The van der Waals surface area contributed by atoms with E-state index in [-0.39, 0.29) is 5.97 Å². The molecule has 1 atom stereocenters. The molecule has 4 N–H and O–H groups in total. The molecule has 0 aromatic carbocycles. The van der Waals surface area contributed by atoms with Crippen molar-refractivity contribution in [3.05, 3.63) is 0 Å². The molecule has 0 aliphatic carbocycles. The summed E-state index contributed by atoms with van der Waals surface area (Å²) < 4.78 is 5.05. The van der Waals surface area contributed by atoms with Gasteiger partial charge in [-0.15, -0.1) is 0 Å². The van der Waals surface area contributed by atoms with Crippen LogP contribution in [0.15, 0.2) is 0 Å². The number of hydrogen-bond acceptors (Lipinski definition) is 4. The van der Waals surface area contributed by atoms with Gasteiger partial charge >= 0.3 is 5.97 Å². The molecule has 0 radical (unpaired) electrons. The Kier molecular flexibility index (Phi) is 24.4. The van der Waals surface area contributed by atoms with Gasteiger partial charge in [0.25, 0.3) is 0 Å². The summed E-state index contributed by atoms with van der Waals surface area (Å²) in [4.78, 5) is 11.3. The second-order valence-electron chi connectivity index (χ2n) is 4.24. The van der Waals surface area contributed by atoms with Crippen LogP contribution < -0.4 is 11.5 Å². The zero-order valence-electron chi connectivity index (χ0n) is 13.9. The first kappa shape index (κ1) is 23.5. The van der Waals surface area contributed by atoms with Crippen molar-refractivity contribution in [3.63, 3.8) is 0 Å². The van der Waals surface area contributed by atoms with E-state index in [1.165, 1.54) is 0 Å². The monoisotopic (exact) mass is 276 g/mol. The highest BCUT2D eigenvalue weighted by Crippen LogP contribution is 2.03. The minimum absolute atomic E-state index is 0.285. The first-order valence-corrected chi connectivity index (χ1v) is 7.70. The topological polar surface area (TPSA) is 78.3 Å². The fourth-order valence-corrected chi connectivity index (χ4v) is 1.13. The summed E-state index contributed by atoms with van der Waals surface area (Å²) in [6.45, 7) is 13.3. The molecule has 0 aliphatic heterocycles. The Labute approximate surface area is 120 Å². The predicted octanol–water partition coefficient (Wildman–Crippen LogP) is 3.08. The van der Waals surface area contributed by atoms with Crippen LogP contribution in [0, 0.1) is 5.92 Å². The summed E-state index contributed by atoms with van der Waals surface area (Å²) in [7, 11) is 0. The van der Waals surface area contributed by atoms with E-state index in [2.05, 4.69) is 13.8 Å². The lowest BCUT2D eigenvalue weighted by atomic mass is 10.1. The Morgan fingerprint density at radius 2 is 1.58 bits per heavy atom. The van der Waals surface area contributed by atoms with Gasteiger partial charge in [0.05, 0.1) is 6.61 Å². The van der Waals surface area contributed by atoms with Crippen molar-refractivity contribution >= 4 is 5.97 Å². The largest absolute Gasteiger partial charge is 0.465 e. The van der Waals surface area contributed by atoms with Gasteiger partial charge in [0, 0.05) is 0 Å². The molecule has 4 nitrogen and oxygen atoms in total. The number of carbonyl (C=O) groups is 1. The van der Waals surface area contributed by atoms with E-state index in [1.807, 2.05) is 27.7 Å². The van der Waals surface area contributed by atoms with Crippen LogP contribution in [-0.2, 0) is 9.53 Å². The summed E-state index contributed by atoms with van der Waals surface area (Å²) in [6, 6.07) is -0.483. The van der Waals surface area contributed by atoms with Gasteiger partial charge < -0.3 is 16.2 Å². The fourth-order valence-electron chi connectivity index (χ4n) is 1.13. The van der Waals surface area contributed by atoms with E-state index in [0.717, 1.165) is 19.3 Å². The Balaban J connectivity index is -0.000000579. The highest BCUT2D eigenvalue weighted by Gasteiger charge is 2.14. The third kappa shape index (κ3) is 19.9. The summed E-state index contributed by atoms with van der Waals surface area (Å²) >= 11 is 0. The molecule has 19 heavy (non-hydrogen) atoms. The average Bonchev–Trinajstić information content (AvgIpc) is 2.43. The number of hydrogen-bond donors (Lipinski definition) is 2. The second kappa shape index (κ2) is 19.7. The molecule has 0 bridgehead atoms. The molecule has 0 fully saturated rings. The van der Waals surface area contributed by atoms with Crippen molar-refractivity contribution in [1.29, 1.82) is 0 Å². The SMILES string of the molecule is CC.CC.CC(C)CCOC(=O)C(N)CCCCN. The van der Waals surface area contributed by atoms with Crippen LogP contribution in [0.3, 0.4) is 0 Å². The van der Waals surface area contributed by atoms with Gasteiger partial charge in [-0.3, -0.25) is 4.79 Å². The number of rotatable bonds is 8. The number of unbranched alkanes of at least 4 members (excludes halogenated alkanes) is 1. The number of ether oxygens (including phenoxy) is 1. The third-order valence-electron chi connectivity index (χ3n) is 2.21. The molecule has 0 saturated heterocycles.